The Labute approximate surface area is 97.2 Å². The fourth-order valence-electron chi connectivity index (χ4n) is 1.36. The molecular weight excluding hydrogens is 222 g/mol. The second kappa shape index (κ2) is 3.73. The number of hydrogen-bond donors (Lipinski definition) is 1. The minimum Gasteiger partial charge on any atom is -0.456 e. The molecule has 2 aromatic heterocycles. The van der Waals surface area contributed by atoms with Gasteiger partial charge in [0.25, 0.3) is 0 Å². The van der Waals surface area contributed by atoms with Gasteiger partial charge < -0.3 is 4.74 Å². The summed E-state index contributed by atoms with van der Waals surface area (Å²) < 4.78 is 6.47. The second-order valence-electron chi connectivity index (χ2n) is 4.68. The molecule has 0 saturated heterocycles. The van der Waals surface area contributed by atoms with Gasteiger partial charge in [0.05, 0.1) is 5.56 Å². The highest BCUT2D eigenvalue weighted by Gasteiger charge is 2.18. The van der Waals surface area contributed by atoms with Crippen molar-refractivity contribution in [3.05, 3.63) is 34.4 Å². The minimum atomic E-state index is -0.562. The number of nitrogens with zero attached hydrogens (tertiary/aromatic N) is 2. The van der Waals surface area contributed by atoms with Crippen LogP contribution >= 0.6 is 0 Å². The zero-order valence-corrected chi connectivity index (χ0v) is 9.85. The Bertz CT molecular complexity index is 619. The van der Waals surface area contributed by atoms with E-state index in [1.807, 2.05) is 0 Å². The third-order valence-electron chi connectivity index (χ3n) is 2.05. The molecule has 0 aliphatic rings. The van der Waals surface area contributed by atoms with Crippen LogP contribution in [-0.2, 0) is 4.74 Å². The molecule has 0 spiro atoms. The standard InChI is InChI=1S/C11H13N3O3/c1-11(2,3)17-9(15)7-4-5-8-12-13-10(16)14(8)6-7/h4-6H,1-3H3,(H,13,16). The Morgan fingerprint density at radius 3 is 2.76 bits per heavy atom. The van der Waals surface area contributed by atoms with E-state index in [9.17, 15) is 9.59 Å². The first-order valence-electron chi connectivity index (χ1n) is 5.17. The van der Waals surface area contributed by atoms with Crippen LogP contribution in [-0.4, -0.2) is 26.2 Å². The van der Waals surface area contributed by atoms with Crippen LogP contribution in [0, 0.1) is 0 Å². The van der Waals surface area contributed by atoms with Crippen LogP contribution in [0.4, 0.5) is 0 Å². The molecule has 0 aliphatic heterocycles. The van der Waals surface area contributed by atoms with Crippen molar-refractivity contribution in [3.8, 4) is 0 Å². The first-order valence-corrected chi connectivity index (χ1v) is 5.17. The second-order valence-corrected chi connectivity index (χ2v) is 4.68. The van der Waals surface area contributed by atoms with E-state index in [-0.39, 0.29) is 5.69 Å². The zero-order valence-electron chi connectivity index (χ0n) is 9.85. The fraction of sp³-hybridized carbons (Fsp3) is 0.364. The van der Waals surface area contributed by atoms with E-state index in [1.165, 1.54) is 10.6 Å². The van der Waals surface area contributed by atoms with Crippen LogP contribution in [0.1, 0.15) is 31.1 Å². The van der Waals surface area contributed by atoms with E-state index in [0.29, 0.717) is 11.2 Å². The Morgan fingerprint density at radius 2 is 2.12 bits per heavy atom. The SMILES string of the molecule is CC(C)(C)OC(=O)c1ccc2n[nH]c(=O)n2c1. The number of aromatic nitrogens is 3. The van der Waals surface area contributed by atoms with Gasteiger partial charge >= 0.3 is 11.7 Å². The van der Waals surface area contributed by atoms with Crippen molar-refractivity contribution >= 4 is 11.6 Å². The van der Waals surface area contributed by atoms with Gasteiger partial charge in [0.15, 0.2) is 5.65 Å². The summed E-state index contributed by atoms with van der Waals surface area (Å²) in [6, 6.07) is 3.15. The maximum absolute atomic E-state index is 11.8. The molecule has 90 valence electrons. The maximum atomic E-state index is 11.8. The van der Waals surface area contributed by atoms with Gasteiger partial charge in [0.2, 0.25) is 0 Å². The molecule has 1 N–H and O–H groups in total. The molecule has 2 aromatic rings. The summed E-state index contributed by atoms with van der Waals surface area (Å²) in [5, 5.41) is 6.06. The van der Waals surface area contributed by atoms with Gasteiger partial charge in [-0.05, 0) is 32.9 Å². The number of fused-ring (bicyclic) bond motifs is 1. The number of rotatable bonds is 1. The molecule has 0 atom stereocenters. The smallest absolute Gasteiger partial charge is 0.347 e. The van der Waals surface area contributed by atoms with Crippen LogP contribution in [0.2, 0.25) is 0 Å². The molecule has 17 heavy (non-hydrogen) atoms. The molecule has 2 rings (SSSR count). The topological polar surface area (TPSA) is 76.5 Å². The molecule has 0 aliphatic carbocycles. The molecule has 6 nitrogen and oxygen atoms in total. The van der Waals surface area contributed by atoms with Crippen molar-refractivity contribution in [2.24, 2.45) is 0 Å². The van der Waals surface area contributed by atoms with Gasteiger partial charge in [0, 0.05) is 6.20 Å². The monoisotopic (exact) mass is 235 g/mol. The molecule has 0 bridgehead atoms. The molecule has 0 amide bonds. The quantitative estimate of drug-likeness (QED) is 0.747. The van der Waals surface area contributed by atoms with Gasteiger partial charge in [0.1, 0.15) is 5.60 Å². The van der Waals surface area contributed by atoms with Gasteiger partial charge in [-0.2, -0.15) is 5.10 Å². The van der Waals surface area contributed by atoms with Crippen molar-refractivity contribution in [3.63, 3.8) is 0 Å². The third-order valence-corrected chi connectivity index (χ3v) is 2.05. The van der Waals surface area contributed by atoms with E-state index < -0.39 is 11.6 Å². The molecule has 0 saturated carbocycles. The highest BCUT2D eigenvalue weighted by molar-refractivity contribution is 5.89. The summed E-state index contributed by atoms with van der Waals surface area (Å²) in [5.74, 6) is -0.465. The van der Waals surface area contributed by atoms with Crippen molar-refractivity contribution in [2.45, 2.75) is 26.4 Å². The van der Waals surface area contributed by atoms with E-state index in [1.54, 1.807) is 32.9 Å². The number of carbonyl (C=O) groups is 1. The van der Waals surface area contributed by atoms with Gasteiger partial charge in [-0.25, -0.2) is 19.1 Å². The lowest BCUT2D eigenvalue weighted by Gasteiger charge is -2.19. The molecule has 6 heteroatoms. The zero-order chi connectivity index (χ0) is 12.6. The van der Waals surface area contributed by atoms with Crippen LogP contribution in [0.3, 0.4) is 0 Å². The predicted octanol–water partition coefficient (Wildman–Crippen LogP) is 0.978. The molecular formula is C11H13N3O3. The van der Waals surface area contributed by atoms with Crippen LogP contribution in [0.5, 0.6) is 0 Å². The Morgan fingerprint density at radius 1 is 1.41 bits per heavy atom. The van der Waals surface area contributed by atoms with E-state index in [4.69, 9.17) is 4.74 Å². The van der Waals surface area contributed by atoms with E-state index in [2.05, 4.69) is 10.2 Å². The predicted molar refractivity (Wildman–Crippen MR) is 61.0 cm³/mol. The third kappa shape index (κ3) is 2.35. The van der Waals surface area contributed by atoms with Crippen molar-refractivity contribution in [1.29, 1.82) is 0 Å². The normalized spacial score (nSPS) is 11.7. The number of ether oxygens (including phenoxy) is 1. The minimum absolute atomic E-state index is 0.316. The molecule has 0 radical (unpaired) electrons. The van der Waals surface area contributed by atoms with E-state index >= 15 is 0 Å². The summed E-state index contributed by atoms with van der Waals surface area (Å²) >= 11 is 0. The maximum Gasteiger partial charge on any atom is 0.347 e. The Kier molecular flexibility index (Phi) is 2.49. The highest BCUT2D eigenvalue weighted by Crippen LogP contribution is 2.12. The lowest BCUT2D eigenvalue weighted by Crippen LogP contribution is -2.24. The summed E-state index contributed by atoms with van der Waals surface area (Å²) in [6.45, 7) is 5.36. The summed E-state index contributed by atoms with van der Waals surface area (Å²) in [7, 11) is 0. The number of nitrogens with one attached hydrogen (secondary N) is 1. The van der Waals surface area contributed by atoms with Crippen molar-refractivity contribution in [1.82, 2.24) is 14.6 Å². The van der Waals surface area contributed by atoms with Crippen molar-refractivity contribution < 1.29 is 9.53 Å². The lowest BCUT2D eigenvalue weighted by atomic mass is 10.2. The molecule has 0 unspecified atom stereocenters. The molecule has 2 heterocycles. The number of hydrogen-bond acceptors (Lipinski definition) is 4. The first-order chi connectivity index (χ1) is 7.87. The summed E-state index contributed by atoms with van der Waals surface area (Å²) in [4.78, 5) is 23.1. The number of carbonyl (C=O) groups excluding carboxylic acids is 1. The Hall–Kier alpha value is -2.11. The highest BCUT2D eigenvalue weighted by atomic mass is 16.6. The average molecular weight is 235 g/mol. The van der Waals surface area contributed by atoms with Gasteiger partial charge in [-0.1, -0.05) is 0 Å². The van der Waals surface area contributed by atoms with Crippen LogP contribution in [0.15, 0.2) is 23.1 Å². The van der Waals surface area contributed by atoms with E-state index in [0.717, 1.165) is 0 Å². The Balaban J connectivity index is 2.39. The summed E-state index contributed by atoms with van der Waals surface area (Å²) in [5.41, 5.74) is -0.170. The average Bonchev–Trinajstić information content (AvgIpc) is 2.57. The van der Waals surface area contributed by atoms with Gasteiger partial charge in [-0.15, -0.1) is 0 Å². The molecule has 0 aromatic carbocycles. The summed E-state index contributed by atoms with van der Waals surface area (Å²) in [6.07, 6.45) is 1.41. The number of esters is 1. The first kappa shape index (κ1) is 11.4. The van der Waals surface area contributed by atoms with Gasteiger partial charge in [-0.3, -0.25) is 0 Å². The largest absolute Gasteiger partial charge is 0.456 e. The lowest BCUT2D eigenvalue weighted by molar-refractivity contribution is 0.00690. The number of H-pyrrole nitrogens is 1. The number of pyridine rings is 1. The number of aromatic amines is 1. The van der Waals surface area contributed by atoms with Crippen molar-refractivity contribution in [2.75, 3.05) is 0 Å². The fourth-order valence-corrected chi connectivity index (χ4v) is 1.36. The van der Waals surface area contributed by atoms with Crippen LogP contribution in [0.25, 0.3) is 5.65 Å². The molecule has 0 fully saturated rings. The van der Waals surface area contributed by atoms with Crippen LogP contribution < -0.4 is 5.69 Å².